The van der Waals surface area contributed by atoms with Crippen LogP contribution in [0.2, 0.25) is 0 Å². The summed E-state index contributed by atoms with van der Waals surface area (Å²) in [5, 5.41) is 16.1. The topological polar surface area (TPSA) is 77.8 Å². The molecule has 1 atom stereocenters. The lowest BCUT2D eigenvalue weighted by Gasteiger charge is -2.23. The molecule has 0 radical (unpaired) electrons. The summed E-state index contributed by atoms with van der Waals surface area (Å²) in [6.45, 7) is 0.716. The van der Waals surface area contributed by atoms with E-state index in [0.717, 1.165) is 23.7 Å². The summed E-state index contributed by atoms with van der Waals surface area (Å²) < 4.78 is 0. The van der Waals surface area contributed by atoms with Crippen molar-refractivity contribution in [1.82, 2.24) is 10.3 Å². The van der Waals surface area contributed by atoms with E-state index >= 15 is 0 Å². The van der Waals surface area contributed by atoms with Crippen LogP contribution >= 0.6 is 0 Å². The van der Waals surface area contributed by atoms with Gasteiger partial charge in [-0.25, -0.2) is 4.98 Å². The van der Waals surface area contributed by atoms with Gasteiger partial charge in [-0.2, -0.15) is 5.26 Å². The lowest BCUT2D eigenvalue weighted by molar-refractivity contribution is -0.123. The monoisotopic (exact) mass is 266 g/mol. The fourth-order valence-corrected chi connectivity index (χ4v) is 2.39. The van der Waals surface area contributed by atoms with Gasteiger partial charge in [-0.15, -0.1) is 0 Å². The summed E-state index contributed by atoms with van der Waals surface area (Å²) in [7, 11) is 0. The van der Waals surface area contributed by atoms with Gasteiger partial charge in [0.2, 0.25) is 5.91 Å². The fraction of sp³-hybridized carbons (Fsp3) is 0.267. The van der Waals surface area contributed by atoms with E-state index in [9.17, 15) is 10.1 Å². The number of benzene rings is 1. The first-order valence-electron chi connectivity index (χ1n) is 6.62. The fourth-order valence-electron chi connectivity index (χ4n) is 2.39. The standard InChI is InChI=1S/C15H14N4O/c16-9-11-8-10-4-1-2-5-12(10)18-14(11)19-13-6-3-7-17-15(13)20/h1-2,4-5,8,13H,3,6-7H2,(H,17,20)(H,18,19). The molecule has 0 spiro atoms. The van der Waals surface area contributed by atoms with Crippen molar-refractivity contribution in [2.75, 3.05) is 11.9 Å². The third-order valence-electron chi connectivity index (χ3n) is 3.44. The maximum absolute atomic E-state index is 11.8. The average Bonchev–Trinajstić information content (AvgIpc) is 2.49. The second-order valence-corrected chi connectivity index (χ2v) is 4.82. The van der Waals surface area contributed by atoms with Gasteiger partial charge in [-0.05, 0) is 25.0 Å². The Hall–Kier alpha value is -2.61. The van der Waals surface area contributed by atoms with Gasteiger partial charge in [-0.3, -0.25) is 4.79 Å². The molecule has 1 unspecified atom stereocenters. The van der Waals surface area contributed by atoms with Gasteiger partial charge in [-0.1, -0.05) is 18.2 Å². The number of carbonyl (C=O) groups is 1. The molecule has 1 aromatic heterocycles. The molecule has 0 saturated carbocycles. The number of hydrogen-bond donors (Lipinski definition) is 2. The molecule has 3 rings (SSSR count). The van der Waals surface area contributed by atoms with E-state index in [1.165, 1.54) is 0 Å². The SMILES string of the molecule is N#Cc1cc2ccccc2nc1NC1CCCNC1=O. The number of para-hydroxylation sites is 1. The number of anilines is 1. The first-order chi connectivity index (χ1) is 9.78. The molecule has 1 fully saturated rings. The predicted octanol–water partition coefficient (Wildman–Crippen LogP) is 1.80. The van der Waals surface area contributed by atoms with Crippen molar-refractivity contribution in [3.05, 3.63) is 35.9 Å². The van der Waals surface area contributed by atoms with E-state index in [2.05, 4.69) is 21.7 Å². The molecule has 0 bridgehead atoms. The Bertz CT molecular complexity index is 705. The number of nitrogens with one attached hydrogen (secondary N) is 2. The molecule has 1 saturated heterocycles. The highest BCUT2D eigenvalue weighted by Gasteiger charge is 2.23. The molecule has 0 aliphatic carbocycles. The van der Waals surface area contributed by atoms with E-state index in [4.69, 9.17) is 0 Å². The quantitative estimate of drug-likeness (QED) is 0.868. The van der Waals surface area contributed by atoms with E-state index in [1.807, 2.05) is 24.3 Å². The van der Waals surface area contributed by atoms with Gasteiger partial charge < -0.3 is 10.6 Å². The van der Waals surface area contributed by atoms with Crippen LogP contribution in [0.5, 0.6) is 0 Å². The van der Waals surface area contributed by atoms with Gasteiger partial charge in [0.1, 0.15) is 17.9 Å². The highest BCUT2D eigenvalue weighted by molar-refractivity contribution is 5.87. The van der Waals surface area contributed by atoms with Crippen LogP contribution in [0.4, 0.5) is 5.82 Å². The zero-order valence-electron chi connectivity index (χ0n) is 10.9. The molecule has 2 N–H and O–H groups in total. The number of hydrogen-bond acceptors (Lipinski definition) is 4. The molecular formula is C15H14N4O. The smallest absolute Gasteiger partial charge is 0.242 e. The van der Waals surface area contributed by atoms with Crippen LogP contribution in [0.25, 0.3) is 10.9 Å². The van der Waals surface area contributed by atoms with Crippen LogP contribution in [0, 0.1) is 11.3 Å². The van der Waals surface area contributed by atoms with Crippen LogP contribution in [-0.2, 0) is 4.79 Å². The van der Waals surface area contributed by atoms with Crippen LogP contribution in [0.1, 0.15) is 18.4 Å². The molecule has 2 aromatic rings. The Morgan fingerprint density at radius 3 is 3.05 bits per heavy atom. The highest BCUT2D eigenvalue weighted by atomic mass is 16.2. The molecular weight excluding hydrogens is 252 g/mol. The third kappa shape index (κ3) is 2.28. The predicted molar refractivity (Wildman–Crippen MR) is 76.1 cm³/mol. The van der Waals surface area contributed by atoms with Crippen molar-refractivity contribution in [2.24, 2.45) is 0 Å². The largest absolute Gasteiger partial charge is 0.357 e. The number of pyridine rings is 1. The molecule has 5 nitrogen and oxygen atoms in total. The van der Waals surface area contributed by atoms with Crippen molar-refractivity contribution in [3.63, 3.8) is 0 Å². The minimum absolute atomic E-state index is 0.0323. The van der Waals surface area contributed by atoms with Crippen molar-refractivity contribution in [2.45, 2.75) is 18.9 Å². The summed E-state index contributed by atoms with van der Waals surface area (Å²) in [5.74, 6) is 0.448. The number of nitriles is 1. The normalized spacial score (nSPS) is 18.4. The number of nitrogens with zero attached hydrogens (tertiary/aromatic N) is 2. The van der Waals surface area contributed by atoms with Gasteiger partial charge in [0, 0.05) is 11.9 Å². The van der Waals surface area contributed by atoms with Gasteiger partial charge >= 0.3 is 0 Å². The second kappa shape index (κ2) is 5.17. The van der Waals surface area contributed by atoms with Gasteiger partial charge in [0.05, 0.1) is 11.1 Å². The molecule has 100 valence electrons. The second-order valence-electron chi connectivity index (χ2n) is 4.82. The minimum atomic E-state index is -0.315. The van der Waals surface area contributed by atoms with Gasteiger partial charge in [0.15, 0.2) is 0 Å². The first-order valence-corrected chi connectivity index (χ1v) is 6.62. The molecule has 1 aromatic carbocycles. The van der Waals surface area contributed by atoms with Crippen molar-refractivity contribution in [3.8, 4) is 6.07 Å². The maximum atomic E-state index is 11.8. The third-order valence-corrected chi connectivity index (χ3v) is 3.44. The number of carbonyl (C=O) groups excluding carboxylic acids is 1. The average molecular weight is 266 g/mol. The van der Waals surface area contributed by atoms with Crippen LogP contribution in [0.15, 0.2) is 30.3 Å². The van der Waals surface area contributed by atoms with Crippen molar-refractivity contribution in [1.29, 1.82) is 5.26 Å². The number of aromatic nitrogens is 1. The van der Waals surface area contributed by atoms with E-state index in [0.29, 0.717) is 17.9 Å². The minimum Gasteiger partial charge on any atom is -0.357 e. The van der Waals surface area contributed by atoms with E-state index in [1.54, 1.807) is 6.07 Å². The Labute approximate surface area is 116 Å². The van der Waals surface area contributed by atoms with Crippen LogP contribution in [-0.4, -0.2) is 23.5 Å². The molecule has 1 aliphatic rings. The zero-order chi connectivity index (χ0) is 13.9. The maximum Gasteiger partial charge on any atom is 0.242 e. The molecule has 2 heterocycles. The molecule has 20 heavy (non-hydrogen) atoms. The number of amides is 1. The Kier molecular flexibility index (Phi) is 3.21. The van der Waals surface area contributed by atoms with Gasteiger partial charge in [0.25, 0.3) is 0 Å². The lowest BCUT2D eigenvalue weighted by atomic mass is 10.1. The summed E-state index contributed by atoms with van der Waals surface area (Å²) in [6.07, 6.45) is 1.68. The Morgan fingerprint density at radius 2 is 2.25 bits per heavy atom. The zero-order valence-corrected chi connectivity index (χ0v) is 10.9. The summed E-state index contributed by atoms with van der Waals surface area (Å²) in [6, 6.07) is 11.2. The Morgan fingerprint density at radius 1 is 1.40 bits per heavy atom. The molecule has 1 amide bonds. The number of rotatable bonds is 2. The Balaban J connectivity index is 1.97. The van der Waals surface area contributed by atoms with E-state index < -0.39 is 0 Å². The summed E-state index contributed by atoms with van der Waals surface area (Å²) in [4.78, 5) is 16.2. The van der Waals surface area contributed by atoms with Crippen molar-refractivity contribution < 1.29 is 4.79 Å². The number of piperidine rings is 1. The first kappa shape index (κ1) is 12.4. The van der Waals surface area contributed by atoms with Crippen LogP contribution < -0.4 is 10.6 Å². The molecule has 1 aliphatic heterocycles. The van der Waals surface area contributed by atoms with Crippen molar-refractivity contribution >= 4 is 22.6 Å². The lowest BCUT2D eigenvalue weighted by Crippen LogP contribution is -2.44. The van der Waals surface area contributed by atoms with E-state index in [-0.39, 0.29) is 11.9 Å². The highest BCUT2D eigenvalue weighted by Crippen LogP contribution is 2.21. The van der Waals surface area contributed by atoms with Crippen LogP contribution in [0.3, 0.4) is 0 Å². The summed E-state index contributed by atoms with van der Waals surface area (Å²) >= 11 is 0. The number of fused-ring (bicyclic) bond motifs is 1. The molecule has 5 heteroatoms. The summed E-state index contributed by atoms with van der Waals surface area (Å²) in [5.41, 5.74) is 1.27.